The Morgan fingerprint density at radius 3 is 2.75 bits per heavy atom. The smallest absolute Gasteiger partial charge is 0.255 e. The van der Waals surface area contributed by atoms with E-state index in [0.717, 1.165) is 18.6 Å². The second kappa shape index (κ2) is 6.05. The summed E-state index contributed by atoms with van der Waals surface area (Å²) in [6.07, 6.45) is -0.767. The maximum atomic E-state index is 12.3. The molecule has 2 nitrogen and oxygen atoms in total. The van der Waals surface area contributed by atoms with Crippen molar-refractivity contribution in [2.75, 3.05) is 24.7 Å². The lowest BCUT2D eigenvalue weighted by atomic mass is 10.0. The summed E-state index contributed by atoms with van der Waals surface area (Å²) in [4.78, 5) is 13.3. The summed E-state index contributed by atoms with van der Waals surface area (Å²) in [6, 6.07) is 0. The number of nitrogens with zero attached hydrogens (tertiary/aromatic N) is 1. The van der Waals surface area contributed by atoms with Crippen LogP contribution in [0.1, 0.15) is 19.8 Å². The first-order valence-corrected chi connectivity index (χ1v) is 6.79. The van der Waals surface area contributed by atoms with Crippen LogP contribution in [0, 0.1) is 0 Å². The van der Waals surface area contributed by atoms with Crippen LogP contribution in [-0.4, -0.2) is 46.7 Å². The number of thioether (sulfide) groups is 1. The minimum atomic E-state index is -2.50. The van der Waals surface area contributed by atoms with Gasteiger partial charge in [-0.05, 0) is 25.5 Å². The van der Waals surface area contributed by atoms with Crippen molar-refractivity contribution in [2.45, 2.75) is 30.9 Å². The average Bonchev–Trinajstić information content (AvgIpc) is 2.64. The van der Waals surface area contributed by atoms with E-state index in [0.29, 0.717) is 0 Å². The highest BCUT2D eigenvalue weighted by Gasteiger charge is 2.40. The SMILES string of the molecule is CC1(C(=O)N(CCCl)CC(F)F)CCCS1. The molecule has 1 fully saturated rings. The van der Waals surface area contributed by atoms with Crippen LogP contribution in [0.4, 0.5) is 8.78 Å². The van der Waals surface area contributed by atoms with Crippen molar-refractivity contribution in [3.05, 3.63) is 0 Å². The molecule has 0 aromatic rings. The van der Waals surface area contributed by atoms with Crippen LogP contribution in [0.15, 0.2) is 0 Å². The second-order valence-corrected chi connectivity index (χ2v) is 5.99. The van der Waals surface area contributed by atoms with Gasteiger partial charge in [-0.1, -0.05) is 0 Å². The van der Waals surface area contributed by atoms with Crippen LogP contribution < -0.4 is 0 Å². The lowest BCUT2D eigenvalue weighted by Crippen LogP contribution is -2.46. The molecule has 0 aromatic carbocycles. The predicted octanol–water partition coefficient (Wildman–Crippen LogP) is 2.60. The van der Waals surface area contributed by atoms with E-state index in [2.05, 4.69) is 0 Å². The van der Waals surface area contributed by atoms with E-state index in [9.17, 15) is 13.6 Å². The number of hydrogen-bond acceptors (Lipinski definition) is 2. The van der Waals surface area contributed by atoms with Crippen LogP contribution in [0.2, 0.25) is 0 Å². The van der Waals surface area contributed by atoms with Crippen molar-refractivity contribution in [3.8, 4) is 0 Å². The fourth-order valence-corrected chi connectivity index (χ4v) is 3.31. The van der Waals surface area contributed by atoms with Gasteiger partial charge in [0.15, 0.2) is 0 Å². The van der Waals surface area contributed by atoms with Crippen molar-refractivity contribution in [2.24, 2.45) is 0 Å². The summed E-state index contributed by atoms with van der Waals surface area (Å²) >= 11 is 7.09. The maximum Gasteiger partial charge on any atom is 0.255 e. The molecule has 0 aliphatic carbocycles. The van der Waals surface area contributed by atoms with Gasteiger partial charge in [-0.15, -0.1) is 23.4 Å². The lowest BCUT2D eigenvalue weighted by Gasteiger charge is -2.30. The Balaban J connectivity index is 2.65. The molecule has 94 valence electrons. The van der Waals surface area contributed by atoms with Gasteiger partial charge in [0.05, 0.1) is 11.3 Å². The van der Waals surface area contributed by atoms with Crippen LogP contribution in [0.5, 0.6) is 0 Å². The molecule has 0 spiro atoms. The highest BCUT2D eigenvalue weighted by Crippen LogP contribution is 2.39. The molecular formula is C10H16ClF2NOS. The number of carbonyl (C=O) groups is 1. The average molecular weight is 272 g/mol. The van der Waals surface area contributed by atoms with Gasteiger partial charge in [0.1, 0.15) is 0 Å². The van der Waals surface area contributed by atoms with Crippen molar-refractivity contribution in [1.29, 1.82) is 0 Å². The van der Waals surface area contributed by atoms with E-state index in [1.807, 2.05) is 6.92 Å². The molecule has 1 aliphatic rings. The zero-order valence-corrected chi connectivity index (χ0v) is 10.8. The van der Waals surface area contributed by atoms with E-state index in [-0.39, 0.29) is 18.3 Å². The largest absolute Gasteiger partial charge is 0.335 e. The van der Waals surface area contributed by atoms with Crippen LogP contribution in [0.3, 0.4) is 0 Å². The Kier molecular flexibility index (Phi) is 5.31. The summed E-state index contributed by atoms with van der Waals surface area (Å²) < 4.78 is 24.1. The predicted molar refractivity (Wildman–Crippen MR) is 63.4 cm³/mol. The van der Waals surface area contributed by atoms with Crippen LogP contribution in [-0.2, 0) is 4.79 Å². The van der Waals surface area contributed by atoms with Gasteiger partial charge in [0.25, 0.3) is 6.43 Å². The van der Waals surface area contributed by atoms with E-state index in [1.165, 1.54) is 4.90 Å². The molecule has 1 saturated heterocycles. The van der Waals surface area contributed by atoms with Crippen molar-refractivity contribution in [1.82, 2.24) is 4.90 Å². The van der Waals surface area contributed by atoms with Crippen molar-refractivity contribution in [3.63, 3.8) is 0 Å². The van der Waals surface area contributed by atoms with Gasteiger partial charge in [0, 0.05) is 12.4 Å². The van der Waals surface area contributed by atoms with E-state index in [1.54, 1.807) is 11.8 Å². The normalized spacial score (nSPS) is 25.1. The Bertz CT molecular complexity index is 247. The summed E-state index contributed by atoms with van der Waals surface area (Å²) in [5.74, 6) is 0.918. The third-order valence-corrected chi connectivity index (χ3v) is 4.35. The molecule has 1 heterocycles. The fraction of sp³-hybridized carbons (Fsp3) is 0.900. The molecule has 16 heavy (non-hydrogen) atoms. The molecule has 0 aromatic heterocycles. The number of alkyl halides is 3. The molecule has 1 aliphatic heterocycles. The highest BCUT2D eigenvalue weighted by molar-refractivity contribution is 8.01. The van der Waals surface area contributed by atoms with E-state index >= 15 is 0 Å². The van der Waals surface area contributed by atoms with Crippen molar-refractivity contribution >= 4 is 29.3 Å². The Hall–Kier alpha value is -0.0300. The molecule has 0 N–H and O–H groups in total. The zero-order valence-electron chi connectivity index (χ0n) is 9.22. The Labute approximate surface area is 104 Å². The third-order valence-electron chi connectivity index (χ3n) is 2.67. The summed E-state index contributed by atoms with van der Waals surface area (Å²) in [7, 11) is 0. The van der Waals surface area contributed by atoms with Gasteiger partial charge in [-0.3, -0.25) is 4.79 Å². The molecular weight excluding hydrogens is 256 g/mol. The second-order valence-electron chi connectivity index (χ2n) is 4.01. The zero-order chi connectivity index (χ0) is 12.2. The van der Waals surface area contributed by atoms with Gasteiger partial charge in [0.2, 0.25) is 5.91 Å². The topological polar surface area (TPSA) is 20.3 Å². The lowest BCUT2D eigenvalue weighted by molar-refractivity contribution is -0.135. The van der Waals surface area contributed by atoms with E-state index < -0.39 is 17.7 Å². The molecule has 1 amide bonds. The van der Waals surface area contributed by atoms with Gasteiger partial charge in [-0.2, -0.15) is 0 Å². The first-order chi connectivity index (χ1) is 7.49. The number of hydrogen-bond donors (Lipinski definition) is 0. The van der Waals surface area contributed by atoms with Crippen molar-refractivity contribution < 1.29 is 13.6 Å². The Morgan fingerprint density at radius 1 is 1.62 bits per heavy atom. The Morgan fingerprint density at radius 2 is 2.31 bits per heavy atom. The fourth-order valence-electron chi connectivity index (χ4n) is 1.83. The molecule has 1 unspecified atom stereocenters. The molecule has 6 heteroatoms. The van der Waals surface area contributed by atoms with Gasteiger partial charge < -0.3 is 4.90 Å². The highest BCUT2D eigenvalue weighted by atomic mass is 35.5. The summed E-state index contributed by atoms with van der Waals surface area (Å²) in [5, 5.41) is 0. The number of halogens is 3. The standard InChI is InChI=1S/C10H16ClF2NOS/c1-10(3-2-6-16-10)9(15)14(5-4-11)7-8(12)13/h8H,2-7H2,1H3. The number of amides is 1. The van der Waals surface area contributed by atoms with Crippen LogP contribution >= 0.6 is 23.4 Å². The minimum absolute atomic E-state index is 0.194. The quantitative estimate of drug-likeness (QED) is 0.717. The molecule has 1 atom stereocenters. The molecule has 0 saturated carbocycles. The molecule has 0 bridgehead atoms. The summed E-state index contributed by atoms with van der Waals surface area (Å²) in [5.41, 5.74) is 0. The van der Waals surface area contributed by atoms with Gasteiger partial charge in [-0.25, -0.2) is 8.78 Å². The summed E-state index contributed by atoms with van der Waals surface area (Å²) in [6.45, 7) is 1.52. The third kappa shape index (κ3) is 3.48. The first kappa shape index (κ1) is 14.0. The maximum absolute atomic E-state index is 12.3. The molecule has 1 rings (SSSR count). The number of carbonyl (C=O) groups excluding carboxylic acids is 1. The van der Waals surface area contributed by atoms with Crippen LogP contribution in [0.25, 0.3) is 0 Å². The van der Waals surface area contributed by atoms with Gasteiger partial charge >= 0.3 is 0 Å². The molecule has 0 radical (unpaired) electrons. The monoisotopic (exact) mass is 271 g/mol. The minimum Gasteiger partial charge on any atom is -0.335 e. The van der Waals surface area contributed by atoms with E-state index in [4.69, 9.17) is 11.6 Å². The number of rotatable bonds is 5. The first-order valence-electron chi connectivity index (χ1n) is 5.27.